The number of carbonyl (C=O) groups is 3. The lowest BCUT2D eigenvalue weighted by atomic mass is 9.87. The van der Waals surface area contributed by atoms with E-state index in [9.17, 15) is 14.4 Å². The predicted molar refractivity (Wildman–Crippen MR) is 141 cm³/mol. The molecule has 0 atom stereocenters. The van der Waals surface area contributed by atoms with Gasteiger partial charge in [-0.05, 0) is 97.2 Å². The van der Waals surface area contributed by atoms with Crippen LogP contribution in [-0.4, -0.2) is 42.1 Å². The molecule has 0 aliphatic heterocycles. The van der Waals surface area contributed by atoms with E-state index in [2.05, 4.69) is 28.8 Å². The number of hydrogen-bond acceptors (Lipinski definition) is 4. The quantitative estimate of drug-likeness (QED) is 0.363. The van der Waals surface area contributed by atoms with Gasteiger partial charge in [0.2, 0.25) is 0 Å². The van der Waals surface area contributed by atoms with Gasteiger partial charge >= 0.3 is 5.97 Å². The topological polar surface area (TPSA) is 105 Å². The molecule has 0 unspecified atom stereocenters. The SMILES string of the molecule is O=C(NCCNC(=O)c1ccc2cccc(C3CC3)c2c1)c1ccc(OC2CCC(C(=O)O)CC2)cc1. The molecule has 2 aliphatic carbocycles. The molecule has 3 aromatic carbocycles. The summed E-state index contributed by atoms with van der Waals surface area (Å²) in [7, 11) is 0. The molecule has 37 heavy (non-hydrogen) atoms. The predicted octanol–water partition coefficient (Wildman–Crippen LogP) is 4.90. The number of carboxylic acid groups (broad SMARTS) is 1. The maximum Gasteiger partial charge on any atom is 0.306 e. The van der Waals surface area contributed by atoms with Crippen LogP contribution in [0.5, 0.6) is 5.75 Å². The van der Waals surface area contributed by atoms with Crippen molar-refractivity contribution in [2.75, 3.05) is 13.1 Å². The number of amides is 2. The van der Waals surface area contributed by atoms with Crippen LogP contribution < -0.4 is 15.4 Å². The van der Waals surface area contributed by atoms with Crippen LogP contribution in [0.1, 0.15) is 70.7 Å². The largest absolute Gasteiger partial charge is 0.490 e. The van der Waals surface area contributed by atoms with Gasteiger partial charge in [0.1, 0.15) is 5.75 Å². The monoisotopic (exact) mass is 500 g/mol. The molecule has 0 radical (unpaired) electrons. The van der Waals surface area contributed by atoms with Crippen molar-refractivity contribution in [2.24, 2.45) is 5.92 Å². The van der Waals surface area contributed by atoms with Gasteiger partial charge in [0.25, 0.3) is 11.8 Å². The number of benzene rings is 3. The van der Waals surface area contributed by atoms with Crippen LogP contribution in [-0.2, 0) is 4.79 Å². The number of carboxylic acids is 1. The van der Waals surface area contributed by atoms with E-state index < -0.39 is 5.97 Å². The smallest absolute Gasteiger partial charge is 0.306 e. The number of carbonyl (C=O) groups excluding carboxylic acids is 2. The van der Waals surface area contributed by atoms with Gasteiger partial charge in [-0.25, -0.2) is 0 Å². The highest BCUT2D eigenvalue weighted by Gasteiger charge is 2.27. The van der Waals surface area contributed by atoms with Crippen LogP contribution in [0.3, 0.4) is 0 Å². The molecular weight excluding hydrogens is 468 g/mol. The Hall–Kier alpha value is -3.87. The Morgan fingerprint density at radius 1 is 0.784 bits per heavy atom. The average Bonchev–Trinajstić information content (AvgIpc) is 3.76. The van der Waals surface area contributed by atoms with Gasteiger partial charge in [-0.15, -0.1) is 0 Å². The average molecular weight is 501 g/mol. The Labute approximate surface area is 216 Å². The van der Waals surface area contributed by atoms with Gasteiger partial charge < -0.3 is 20.5 Å². The number of fused-ring (bicyclic) bond motifs is 1. The first kappa shape index (κ1) is 24.8. The molecule has 0 bridgehead atoms. The summed E-state index contributed by atoms with van der Waals surface area (Å²) in [5, 5.41) is 17.1. The first-order valence-corrected chi connectivity index (χ1v) is 13.1. The van der Waals surface area contributed by atoms with E-state index in [1.54, 1.807) is 24.3 Å². The molecular formula is C30H32N2O5. The van der Waals surface area contributed by atoms with Crippen molar-refractivity contribution >= 4 is 28.6 Å². The van der Waals surface area contributed by atoms with E-state index in [1.807, 2.05) is 18.2 Å². The standard InChI is InChI=1S/C30H32N2O5/c33-28(21-8-12-24(13-9-21)37-25-14-10-22(11-15-25)30(35)36)31-16-17-32-29(34)23-7-6-19-2-1-3-26(20-4-5-20)27(19)18-23/h1-3,6-9,12-13,18,20,22,25H,4-5,10-11,14-17H2,(H,31,33)(H,32,34)(H,35,36). The maximum atomic E-state index is 12.7. The Balaban J connectivity index is 1.07. The minimum atomic E-state index is -0.732. The van der Waals surface area contributed by atoms with Gasteiger partial charge in [-0.1, -0.05) is 24.3 Å². The highest BCUT2D eigenvalue weighted by atomic mass is 16.5. The third kappa shape index (κ3) is 6.10. The molecule has 0 aromatic heterocycles. The number of nitrogens with one attached hydrogen (secondary N) is 2. The second-order valence-corrected chi connectivity index (χ2v) is 10.0. The molecule has 0 saturated heterocycles. The molecule has 5 rings (SSSR count). The zero-order chi connectivity index (χ0) is 25.8. The summed E-state index contributed by atoms with van der Waals surface area (Å²) >= 11 is 0. The summed E-state index contributed by atoms with van der Waals surface area (Å²) in [5.41, 5.74) is 2.45. The van der Waals surface area contributed by atoms with E-state index in [-0.39, 0.29) is 23.8 Å². The van der Waals surface area contributed by atoms with Gasteiger partial charge in [-0.3, -0.25) is 14.4 Å². The van der Waals surface area contributed by atoms with Crippen LogP contribution in [0.2, 0.25) is 0 Å². The van der Waals surface area contributed by atoms with Crippen molar-refractivity contribution in [3.63, 3.8) is 0 Å². The minimum Gasteiger partial charge on any atom is -0.490 e. The minimum absolute atomic E-state index is 0.00165. The Bertz CT molecular complexity index is 1290. The van der Waals surface area contributed by atoms with Crippen molar-refractivity contribution in [3.05, 3.63) is 77.4 Å². The van der Waals surface area contributed by atoms with Crippen molar-refractivity contribution in [3.8, 4) is 5.75 Å². The highest BCUT2D eigenvalue weighted by Crippen LogP contribution is 2.43. The van der Waals surface area contributed by atoms with Crippen molar-refractivity contribution < 1.29 is 24.2 Å². The molecule has 3 aromatic rings. The summed E-state index contributed by atoms with van der Waals surface area (Å²) in [6.45, 7) is 0.643. The fourth-order valence-electron chi connectivity index (χ4n) is 5.05. The van der Waals surface area contributed by atoms with Crippen LogP contribution >= 0.6 is 0 Å². The lowest BCUT2D eigenvalue weighted by Crippen LogP contribution is -2.34. The van der Waals surface area contributed by atoms with Crippen molar-refractivity contribution in [2.45, 2.75) is 50.5 Å². The van der Waals surface area contributed by atoms with E-state index in [0.717, 1.165) is 10.8 Å². The summed E-state index contributed by atoms with van der Waals surface area (Å²) in [6.07, 6.45) is 5.10. The lowest BCUT2D eigenvalue weighted by molar-refractivity contribution is -0.143. The first-order chi connectivity index (χ1) is 18.0. The second-order valence-electron chi connectivity index (χ2n) is 10.0. The Kier molecular flexibility index (Phi) is 7.40. The number of ether oxygens (including phenoxy) is 1. The van der Waals surface area contributed by atoms with E-state index >= 15 is 0 Å². The number of aliphatic carboxylic acids is 1. The van der Waals surface area contributed by atoms with Crippen LogP contribution in [0.15, 0.2) is 60.7 Å². The summed E-state index contributed by atoms with van der Waals surface area (Å²) < 4.78 is 5.96. The van der Waals surface area contributed by atoms with Gasteiger partial charge in [0, 0.05) is 24.2 Å². The normalized spacial score (nSPS) is 19.2. The molecule has 0 spiro atoms. The fourth-order valence-corrected chi connectivity index (χ4v) is 5.05. The van der Waals surface area contributed by atoms with Crippen LogP contribution in [0.4, 0.5) is 0 Å². The molecule has 2 amide bonds. The third-order valence-electron chi connectivity index (χ3n) is 7.33. The summed E-state index contributed by atoms with van der Waals surface area (Å²) in [4.78, 5) is 36.3. The Morgan fingerprint density at radius 3 is 2.08 bits per heavy atom. The van der Waals surface area contributed by atoms with Crippen LogP contribution in [0.25, 0.3) is 10.8 Å². The number of rotatable bonds is 9. The van der Waals surface area contributed by atoms with E-state index in [0.29, 0.717) is 61.6 Å². The van der Waals surface area contributed by atoms with Gasteiger partial charge in [0.05, 0.1) is 12.0 Å². The van der Waals surface area contributed by atoms with Gasteiger partial charge in [0.15, 0.2) is 0 Å². The van der Waals surface area contributed by atoms with Gasteiger partial charge in [-0.2, -0.15) is 0 Å². The van der Waals surface area contributed by atoms with Crippen molar-refractivity contribution in [1.82, 2.24) is 10.6 Å². The zero-order valence-electron chi connectivity index (χ0n) is 20.7. The Morgan fingerprint density at radius 2 is 1.43 bits per heavy atom. The molecule has 7 heteroatoms. The molecule has 3 N–H and O–H groups in total. The molecule has 2 aliphatic rings. The molecule has 2 saturated carbocycles. The third-order valence-corrected chi connectivity index (χ3v) is 7.33. The summed E-state index contributed by atoms with van der Waals surface area (Å²) in [5.74, 6) is -0.101. The highest BCUT2D eigenvalue weighted by molar-refractivity contribution is 5.99. The second kappa shape index (κ2) is 11.0. The summed E-state index contributed by atoms with van der Waals surface area (Å²) in [6, 6.07) is 19.0. The van der Waals surface area contributed by atoms with Crippen molar-refractivity contribution in [1.29, 1.82) is 0 Å². The maximum absolute atomic E-state index is 12.7. The first-order valence-electron chi connectivity index (χ1n) is 13.1. The molecule has 192 valence electrons. The lowest BCUT2D eigenvalue weighted by Gasteiger charge is -2.26. The van der Waals surface area contributed by atoms with Crippen LogP contribution in [0, 0.1) is 5.92 Å². The zero-order valence-corrected chi connectivity index (χ0v) is 20.7. The fraction of sp³-hybridized carbons (Fsp3) is 0.367. The number of hydrogen-bond donors (Lipinski definition) is 3. The van der Waals surface area contributed by atoms with E-state index in [4.69, 9.17) is 9.84 Å². The van der Waals surface area contributed by atoms with E-state index in [1.165, 1.54) is 18.4 Å². The molecule has 0 heterocycles. The molecule has 7 nitrogen and oxygen atoms in total. The molecule has 2 fully saturated rings.